The van der Waals surface area contributed by atoms with Gasteiger partial charge in [0.2, 0.25) is 0 Å². The highest BCUT2D eigenvalue weighted by molar-refractivity contribution is 5.93. The van der Waals surface area contributed by atoms with E-state index in [-0.39, 0.29) is 11.5 Å². The van der Waals surface area contributed by atoms with Crippen molar-refractivity contribution in [1.29, 1.82) is 0 Å². The molecule has 1 spiro atoms. The van der Waals surface area contributed by atoms with E-state index in [0.717, 1.165) is 50.2 Å². The average molecular weight is 408 g/mol. The van der Waals surface area contributed by atoms with Gasteiger partial charge >= 0.3 is 0 Å². The second kappa shape index (κ2) is 7.25. The maximum Gasteiger partial charge on any atom is 0.274 e. The minimum Gasteiger partial charge on any atom is -0.370 e. The van der Waals surface area contributed by atoms with Crippen molar-refractivity contribution < 1.29 is 9.53 Å². The summed E-state index contributed by atoms with van der Waals surface area (Å²) in [5, 5.41) is 5.77. The molecule has 158 valence electrons. The van der Waals surface area contributed by atoms with Crippen LogP contribution >= 0.6 is 0 Å². The zero-order valence-corrected chi connectivity index (χ0v) is 17.9. The molecule has 5 rings (SSSR count). The Hall–Kier alpha value is -2.64. The standard InChI is InChI=1S/C23H29N5O2/c1-26(2)22(29)21-18-15-30-23(13-20(18)27(3)25-21)7-10-28(11-8-23)14-16-4-5-17-6-9-24-19(17)12-16/h4-6,9,12,24H,7-8,10-11,13-15H2,1-3H3. The van der Waals surface area contributed by atoms with Crippen LogP contribution in [0.3, 0.4) is 0 Å². The first-order valence-electron chi connectivity index (χ1n) is 10.6. The highest BCUT2D eigenvalue weighted by Gasteiger charge is 2.41. The van der Waals surface area contributed by atoms with Gasteiger partial charge in [0.05, 0.1) is 12.2 Å². The largest absolute Gasteiger partial charge is 0.370 e. The molecule has 7 heteroatoms. The SMILES string of the molecule is CN(C)C(=O)c1nn(C)c2c1COC1(CCN(Cc3ccc4cc[nH]c4c3)CC1)C2. The molecule has 0 atom stereocenters. The number of rotatable bonds is 3. The number of nitrogens with one attached hydrogen (secondary N) is 1. The number of benzene rings is 1. The Balaban J connectivity index is 1.27. The molecule has 4 heterocycles. The van der Waals surface area contributed by atoms with Crippen molar-refractivity contribution in [2.75, 3.05) is 27.2 Å². The molecule has 2 aromatic heterocycles. The van der Waals surface area contributed by atoms with Crippen molar-refractivity contribution in [3.05, 3.63) is 53.0 Å². The van der Waals surface area contributed by atoms with Crippen LogP contribution in [-0.2, 0) is 31.4 Å². The predicted molar refractivity (Wildman–Crippen MR) is 115 cm³/mol. The lowest BCUT2D eigenvalue weighted by molar-refractivity contribution is -0.104. The lowest BCUT2D eigenvalue weighted by Gasteiger charge is -2.44. The number of hydrogen-bond donors (Lipinski definition) is 1. The molecule has 1 saturated heterocycles. The summed E-state index contributed by atoms with van der Waals surface area (Å²) in [7, 11) is 5.46. The number of piperidine rings is 1. The molecule has 30 heavy (non-hydrogen) atoms. The number of carbonyl (C=O) groups is 1. The fourth-order valence-electron chi connectivity index (χ4n) is 4.83. The van der Waals surface area contributed by atoms with E-state index < -0.39 is 0 Å². The van der Waals surface area contributed by atoms with Gasteiger partial charge in [-0.2, -0.15) is 5.10 Å². The number of aryl methyl sites for hydroxylation is 1. The number of fused-ring (bicyclic) bond motifs is 2. The quantitative estimate of drug-likeness (QED) is 0.725. The number of likely N-dealkylation sites (tertiary alicyclic amines) is 1. The summed E-state index contributed by atoms with van der Waals surface area (Å²) < 4.78 is 8.29. The Bertz CT molecular complexity index is 1090. The first kappa shape index (κ1) is 19.3. The van der Waals surface area contributed by atoms with Crippen LogP contribution in [0, 0.1) is 0 Å². The lowest BCUT2D eigenvalue weighted by Crippen LogP contribution is -2.49. The summed E-state index contributed by atoms with van der Waals surface area (Å²) in [6, 6.07) is 8.77. The van der Waals surface area contributed by atoms with Crippen molar-refractivity contribution >= 4 is 16.8 Å². The minimum atomic E-state index is -0.140. The van der Waals surface area contributed by atoms with Gasteiger partial charge in [-0.05, 0) is 35.9 Å². The van der Waals surface area contributed by atoms with Gasteiger partial charge in [0, 0.05) is 70.2 Å². The van der Waals surface area contributed by atoms with Crippen molar-refractivity contribution in [2.24, 2.45) is 7.05 Å². The number of hydrogen-bond acceptors (Lipinski definition) is 4. The highest BCUT2D eigenvalue weighted by atomic mass is 16.5. The average Bonchev–Trinajstić information content (AvgIpc) is 3.33. The van der Waals surface area contributed by atoms with Gasteiger partial charge in [0.25, 0.3) is 5.91 Å². The predicted octanol–water partition coefficient (Wildman–Crippen LogP) is 2.71. The maximum atomic E-state index is 12.5. The third-order valence-corrected chi connectivity index (χ3v) is 6.69. The van der Waals surface area contributed by atoms with E-state index >= 15 is 0 Å². The van der Waals surface area contributed by atoms with Crippen LogP contribution in [0.1, 0.15) is 40.2 Å². The van der Waals surface area contributed by atoms with Gasteiger partial charge in [-0.15, -0.1) is 0 Å². The molecule has 7 nitrogen and oxygen atoms in total. The van der Waals surface area contributed by atoms with E-state index in [4.69, 9.17) is 4.74 Å². The summed E-state index contributed by atoms with van der Waals surface area (Å²) >= 11 is 0. The third kappa shape index (κ3) is 3.32. The van der Waals surface area contributed by atoms with Crippen LogP contribution < -0.4 is 0 Å². The van der Waals surface area contributed by atoms with Crippen molar-refractivity contribution in [3.63, 3.8) is 0 Å². The second-order valence-corrected chi connectivity index (χ2v) is 8.92. The Labute approximate surface area is 176 Å². The highest BCUT2D eigenvalue weighted by Crippen LogP contribution is 2.37. The molecule has 1 aromatic carbocycles. The molecular weight excluding hydrogens is 378 g/mol. The molecule has 0 aliphatic carbocycles. The van der Waals surface area contributed by atoms with Gasteiger partial charge in [0.15, 0.2) is 5.69 Å². The van der Waals surface area contributed by atoms with Crippen LogP contribution in [0.4, 0.5) is 0 Å². The van der Waals surface area contributed by atoms with Gasteiger partial charge < -0.3 is 14.6 Å². The fourth-order valence-corrected chi connectivity index (χ4v) is 4.83. The molecule has 1 N–H and O–H groups in total. The molecule has 2 aliphatic rings. The summed E-state index contributed by atoms with van der Waals surface area (Å²) in [5.74, 6) is -0.0553. The molecule has 1 amide bonds. The summed E-state index contributed by atoms with van der Waals surface area (Å²) in [5.41, 5.74) is 5.04. The number of ether oxygens (including phenoxy) is 1. The monoisotopic (exact) mass is 407 g/mol. The molecule has 0 bridgehead atoms. The van der Waals surface area contributed by atoms with Crippen molar-refractivity contribution in [2.45, 2.75) is 38.0 Å². The topological polar surface area (TPSA) is 66.4 Å². The first-order chi connectivity index (χ1) is 14.4. The zero-order valence-electron chi connectivity index (χ0n) is 17.9. The number of H-pyrrole nitrogens is 1. The summed E-state index contributed by atoms with van der Waals surface area (Å²) in [6.07, 6.45) is 4.82. The van der Waals surface area contributed by atoms with Gasteiger partial charge in [-0.3, -0.25) is 14.4 Å². The first-order valence-corrected chi connectivity index (χ1v) is 10.6. The van der Waals surface area contributed by atoms with E-state index in [1.54, 1.807) is 19.0 Å². The molecular formula is C23H29N5O2. The normalized spacial score (nSPS) is 18.6. The van der Waals surface area contributed by atoms with E-state index in [9.17, 15) is 4.79 Å². The number of carbonyl (C=O) groups excluding carboxylic acids is 1. The zero-order chi connectivity index (χ0) is 20.9. The summed E-state index contributed by atoms with van der Waals surface area (Å²) in [4.78, 5) is 19.9. The Morgan fingerprint density at radius 3 is 2.83 bits per heavy atom. The molecule has 3 aromatic rings. The van der Waals surface area contributed by atoms with E-state index in [1.165, 1.54) is 16.5 Å². The Morgan fingerprint density at radius 2 is 2.07 bits per heavy atom. The fraction of sp³-hybridized carbons (Fsp3) is 0.478. The van der Waals surface area contributed by atoms with Crippen molar-refractivity contribution in [3.8, 4) is 0 Å². The molecule has 0 saturated carbocycles. The number of nitrogens with zero attached hydrogens (tertiary/aromatic N) is 4. The van der Waals surface area contributed by atoms with Crippen LogP contribution in [0.15, 0.2) is 30.5 Å². The molecule has 0 radical (unpaired) electrons. The Kier molecular flexibility index (Phi) is 4.67. The third-order valence-electron chi connectivity index (χ3n) is 6.69. The van der Waals surface area contributed by atoms with Gasteiger partial charge in [0.1, 0.15) is 0 Å². The lowest BCUT2D eigenvalue weighted by atomic mass is 9.83. The van der Waals surface area contributed by atoms with Crippen LogP contribution in [0.25, 0.3) is 10.9 Å². The smallest absolute Gasteiger partial charge is 0.274 e. The van der Waals surface area contributed by atoms with E-state index in [2.05, 4.69) is 39.2 Å². The molecule has 1 fully saturated rings. The minimum absolute atomic E-state index is 0.0553. The maximum absolute atomic E-state index is 12.5. The van der Waals surface area contributed by atoms with E-state index in [0.29, 0.717) is 12.3 Å². The van der Waals surface area contributed by atoms with Gasteiger partial charge in [-0.25, -0.2) is 0 Å². The van der Waals surface area contributed by atoms with Crippen LogP contribution in [-0.4, -0.2) is 63.3 Å². The van der Waals surface area contributed by atoms with Gasteiger partial charge in [-0.1, -0.05) is 12.1 Å². The molecule has 2 aliphatic heterocycles. The van der Waals surface area contributed by atoms with Crippen LogP contribution in [0.5, 0.6) is 0 Å². The second-order valence-electron chi connectivity index (χ2n) is 8.92. The number of amides is 1. The van der Waals surface area contributed by atoms with E-state index in [1.807, 2.05) is 17.9 Å². The summed E-state index contributed by atoms with van der Waals surface area (Å²) in [6.45, 7) is 3.46. The number of aromatic amines is 1. The molecule has 0 unspecified atom stereocenters. The number of aromatic nitrogens is 3. The van der Waals surface area contributed by atoms with Crippen molar-refractivity contribution in [1.82, 2.24) is 24.6 Å². The Morgan fingerprint density at radius 1 is 1.27 bits per heavy atom. The van der Waals surface area contributed by atoms with Crippen LogP contribution in [0.2, 0.25) is 0 Å².